The van der Waals surface area contributed by atoms with Crippen molar-refractivity contribution in [2.24, 2.45) is 0 Å². The summed E-state index contributed by atoms with van der Waals surface area (Å²) < 4.78 is 27.8. The molecule has 13 nitrogen and oxygen atoms in total. The largest absolute Gasteiger partial charge is 0.469 e. The summed E-state index contributed by atoms with van der Waals surface area (Å²) in [6.45, 7) is 7.77. The molecule has 4 aliphatic rings. The first-order valence-corrected chi connectivity index (χ1v) is 15.2. The maximum atomic E-state index is 15.4. The minimum atomic E-state index is -1.02. The van der Waals surface area contributed by atoms with Gasteiger partial charge >= 0.3 is 12.1 Å². The standard InChI is InChI=1S/C30H38FN7O6/c1-4-32-28(40)33-22-10-7-17(12-21(22)31)24-23-25(35-27(34-24)36-14-19-8-9-20(15-36)43-19)44-30(2,3)16-37(26(23)39)13-18-6-5-11-38(18)29(41)42/h7,10,12,18-20H,4-6,8-9,11,13-16H2,1-3H3,(H,41,42)(H2,32,33,40)/t18-,19?,20?/m0/s1. The van der Waals surface area contributed by atoms with E-state index in [1.165, 1.54) is 17.0 Å². The van der Waals surface area contributed by atoms with Gasteiger partial charge in [0.25, 0.3) is 5.91 Å². The van der Waals surface area contributed by atoms with Gasteiger partial charge in [-0.05, 0) is 58.6 Å². The summed E-state index contributed by atoms with van der Waals surface area (Å²) in [5, 5.41) is 14.8. The number of benzene rings is 1. The summed E-state index contributed by atoms with van der Waals surface area (Å²) in [6.07, 6.45) is 2.31. The van der Waals surface area contributed by atoms with Crippen LogP contribution in [0.5, 0.6) is 5.88 Å². The van der Waals surface area contributed by atoms with Crippen LogP contribution >= 0.6 is 0 Å². The maximum absolute atomic E-state index is 15.4. The van der Waals surface area contributed by atoms with Crippen molar-refractivity contribution < 1.29 is 33.4 Å². The summed E-state index contributed by atoms with van der Waals surface area (Å²) in [5.74, 6) is -0.674. The van der Waals surface area contributed by atoms with E-state index in [4.69, 9.17) is 19.4 Å². The number of rotatable bonds is 6. The zero-order valence-corrected chi connectivity index (χ0v) is 25.1. The summed E-state index contributed by atoms with van der Waals surface area (Å²) in [7, 11) is 0. The molecule has 1 aromatic carbocycles. The molecule has 1 aromatic heterocycles. The number of likely N-dealkylation sites (tertiary alicyclic amines) is 1. The number of halogens is 1. The predicted molar refractivity (Wildman–Crippen MR) is 159 cm³/mol. The third-order valence-electron chi connectivity index (χ3n) is 8.52. The van der Waals surface area contributed by atoms with Gasteiger partial charge in [0.05, 0.1) is 36.2 Å². The van der Waals surface area contributed by atoms with E-state index >= 15 is 4.39 Å². The van der Waals surface area contributed by atoms with Crippen molar-refractivity contribution >= 4 is 29.7 Å². The number of aromatic nitrogens is 2. The molecule has 0 aliphatic carbocycles. The molecule has 2 bridgehead atoms. The number of amides is 4. The average molecular weight is 612 g/mol. The fourth-order valence-electron chi connectivity index (χ4n) is 6.58. The van der Waals surface area contributed by atoms with Gasteiger partial charge in [0.15, 0.2) is 0 Å². The van der Waals surface area contributed by atoms with Crippen molar-refractivity contribution in [1.82, 2.24) is 25.1 Å². The number of urea groups is 1. The van der Waals surface area contributed by atoms with Gasteiger partial charge in [-0.3, -0.25) is 4.79 Å². The number of ether oxygens (including phenoxy) is 2. The van der Waals surface area contributed by atoms with Crippen molar-refractivity contribution in [3.05, 3.63) is 29.6 Å². The molecule has 6 rings (SSSR count). The Morgan fingerprint density at radius 1 is 1.16 bits per heavy atom. The van der Waals surface area contributed by atoms with Crippen molar-refractivity contribution in [1.29, 1.82) is 0 Å². The molecule has 3 N–H and O–H groups in total. The number of nitrogens with zero attached hydrogens (tertiary/aromatic N) is 5. The number of anilines is 2. The molecule has 5 heterocycles. The Kier molecular flexibility index (Phi) is 7.95. The van der Waals surface area contributed by atoms with E-state index < -0.39 is 29.4 Å². The summed E-state index contributed by atoms with van der Waals surface area (Å²) >= 11 is 0. The van der Waals surface area contributed by atoms with Crippen LogP contribution in [0, 0.1) is 5.82 Å². The first kappa shape index (κ1) is 29.9. The van der Waals surface area contributed by atoms with Crippen LogP contribution in [0.2, 0.25) is 0 Å². The van der Waals surface area contributed by atoms with Gasteiger partial charge in [-0.2, -0.15) is 4.98 Å². The normalized spacial score (nSPS) is 24.0. The Morgan fingerprint density at radius 3 is 2.59 bits per heavy atom. The molecule has 14 heteroatoms. The van der Waals surface area contributed by atoms with Crippen LogP contribution in [-0.4, -0.2) is 106 Å². The second-order valence-corrected chi connectivity index (χ2v) is 12.4. The van der Waals surface area contributed by atoms with E-state index in [0.717, 1.165) is 12.8 Å². The lowest BCUT2D eigenvalue weighted by Gasteiger charge is -2.33. The van der Waals surface area contributed by atoms with E-state index in [-0.39, 0.29) is 54.2 Å². The molecular formula is C30H38FN7O6. The summed E-state index contributed by atoms with van der Waals surface area (Å²) in [6, 6.07) is 3.35. The van der Waals surface area contributed by atoms with E-state index in [9.17, 15) is 19.5 Å². The fraction of sp³-hybridized carbons (Fsp3) is 0.567. The first-order chi connectivity index (χ1) is 21.0. The molecule has 44 heavy (non-hydrogen) atoms. The van der Waals surface area contributed by atoms with Crippen LogP contribution in [0.1, 0.15) is 56.8 Å². The van der Waals surface area contributed by atoms with Gasteiger partial charge < -0.3 is 39.9 Å². The van der Waals surface area contributed by atoms with Gasteiger partial charge in [-0.25, -0.2) is 19.0 Å². The molecule has 4 aliphatic heterocycles. The SMILES string of the molecule is CCNC(=O)Nc1ccc(-c2nc(N3CC4CCC(C3)O4)nc3c2C(=O)N(C[C@@H]2CCCN2C(=O)O)CC(C)(C)O3)cc1F. The van der Waals surface area contributed by atoms with Crippen LogP contribution < -0.4 is 20.3 Å². The second-order valence-electron chi connectivity index (χ2n) is 12.4. The number of carboxylic acid groups (broad SMARTS) is 1. The Morgan fingerprint density at radius 2 is 1.91 bits per heavy atom. The molecule has 4 amide bonds. The van der Waals surface area contributed by atoms with Crippen LogP contribution in [0.25, 0.3) is 11.3 Å². The molecule has 3 fully saturated rings. The zero-order valence-electron chi connectivity index (χ0n) is 25.1. The Hall–Kier alpha value is -4.20. The molecule has 2 aromatic rings. The third kappa shape index (κ3) is 5.94. The van der Waals surface area contributed by atoms with Crippen molar-refractivity contribution in [2.45, 2.75) is 70.3 Å². The monoisotopic (exact) mass is 611 g/mol. The van der Waals surface area contributed by atoms with E-state index in [1.807, 2.05) is 18.7 Å². The van der Waals surface area contributed by atoms with Crippen molar-refractivity contribution in [3.63, 3.8) is 0 Å². The number of fused-ring (bicyclic) bond motifs is 3. The van der Waals surface area contributed by atoms with Crippen LogP contribution in [0.15, 0.2) is 18.2 Å². The quantitative estimate of drug-likeness (QED) is 0.446. The second kappa shape index (κ2) is 11.7. The highest BCUT2D eigenvalue weighted by atomic mass is 19.1. The molecule has 3 saturated heterocycles. The van der Waals surface area contributed by atoms with Gasteiger partial charge in [0.2, 0.25) is 11.8 Å². The number of hydrogen-bond donors (Lipinski definition) is 3. The Bertz CT molecular complexity index is 1460. The predicted octanol–water partition coefficient (Wildman–Crippen LogP) is 3.55. The van der Waals surface area contributed by atoms with Gasteiger partial charge in [-0.1, -0.05) is 6.07 Å². The first-order valence-electron chi connectivity index (χ1n) is 15.2. The molecule has 2 unspecified atom stereocenters. The summed E-state index contributed by atoms with van der Waals surface area (Å²) in [4.78, 5) is 52.9. The molecule has 3 atom stereocenters. The van der Waals surface area contributed by atoms with Crippen molar-refractivity contribution in [2.75, 3.05) is 49.5 Å². The fourth-order valence-corrected chi connectivity index (χ4v) is 6.58. The van der Waals surface area contributed by atoms with E-state index in [1.54, 1.807) is 17.9 Å². The van der Waals surface area contributed by atoms with Gasteiger partial charge in [0, 0.05) is 38.3 Å². The van der Waals surface area contributed by atoms with Gasteiger partial charge in [0.1, 0.15) is 17.0 Å². The van der Waals surface area contributed by atoms with Crippen LogP contribution in [-0.2, 0) is 4.74 Å². The minimum Gasteiger partial charge on any atom is -0.469 e. The van der Waals surface area contributed by atoms with E-state index in [0.29, 0.717) is 50.5 Å². The summed E-state index contributed by atoms with van der Waals surface area (Å²) in [5.41, 5.74) is -0.303. The Balaban J connectivity index is 1.43. The molecule has 236 valence electrons. The number of hydrogen-bond acceptors (Lipinski definition) is 8. The number of nitrogens with one attached hydrogen (secondary N) is 2. The smallest absolute Gasteiger partial charge is 0.407 e. The molecular weight excluding hydrogens is 573 g/mol. The number of carbonyl (C=O) groups is 3. The maximum Gasteiger partial charge on any atom is 0.407 e. The lowest BCUT2D eigenvalue weighted by Crippen LogP contribution is -2.49. The third-order valence-corrected chi connectivity index (χ3v) is 8.52. The Labute approximate surface area is 254 Å². The van der Waals surface area contributed by atoms with Gasteiger partial charge in [-0.15, -0.1) is 0 Å². The highest BCUT2D eigenvalue weighted by Gasteiger charge is 2.42. The lowest BCUT2D eigenvalue weighted by molar-refractivity contribution is 0.0297. The minimum absolute atomic E-state index is 0.0230. The van der Waals surface area contributed by atoms with Crippen LogP contribution in [0.3, 0.4) is 0 Å². The molecule has 0 spiro atoms. The molecule has 0 saturated carbocycles. The van der Waals surface area contributed by atoms with Crippen LogP contribution in [0.4, 0.5) is 25.6 Å². The van der Waals surface area contributed by atoms with Crippen molar-refractivity contribution in [3.8, 4) is 17.1 Å². The number of morpholine rings is 1. The highest BCUT2D eigenvalue weighted by molar-refractivity contribution is 6.03. The number of carbonyl (C=O) groups excluding carboxylic acids is 2. The average Bonchev–Trinajstić information content (AvgIpc) is 3.55. The lowest BCUT2D eigenvalue weighted by atomic mass is 10.0. The highest BCUT2D eigenvalue weighted by Crippen LogP contribution is 2.38. The van der Waals surface area contributed by atoms with E-state index in [2.05, 4.69) is 10.6 Å². The zero-order chi connectivity index (χ0) is 31.2. The molecule has 0 radical (unpaired) electrons. The topological polar surface area (TPSA) is 149 Å².